The molecule has 0 aliphatic heterocycles. The Kier molecular flexibility index (Phi) is 5.16. The molecule has 0 radical (unpaired) electrons. The van der Waals surface area contributed by atoms with Crippen LogP contribution in [-0.4, -0.2) is 17.9 Å². The summed E-state index contributed by atoms with van der Waals surface area (Å²) in [5, 5.41) is 2.04. The number of aryl methyl sites for hydroxylation is 1. The fraction of sp³-hybridized carbons (Fsp3) is 0.267. The van der Waals surface area contributed by atoms with Gasteiger partial charge in [0, 0.05) is 28.2 Å². The zero-order valence-corrected chi connectivity index (χ0v) is 13.2. The van der Waals surface area contributed by atoms with Crippen molar-refractivity contribution in [3.8, 4) is 0 Å². The molecule has 1 aromatic heterocycles. The third-order valence-corrected chi connectivity index (χ3v) is 4.59. The predicted octanol–water partition coefficient (Wildman–Crippen LogP) is 4.10. The van der Waals surface area contributed by atoms with Gasteiger partial charge in [-0.15, -0.1) is 11.3 Å². The van der Waals surface area contributed by atoms with Gasteiger partial charge < -0.3 is 4.90 Å². The van der Waals surface area contributed by atoms with E-state index >= 15 is 0 Å². The molecule has 0 aliphatic carbocycles. The largest absolute Gasteiger partial charge is 0.341 e. The molecular formula is C15H16BrNOS. The number of hydrogen-bond acceptors (Lipinski definition) is 2. The van der Waals surface area contributed by atoms with Gasteiger partial charge in [-0.2, -0.15) is 0 Å². The summed E-state index contributed by atoms with van der Waals surface area (Å²) in [7, 11) is 1.86. The molecule has 2 aromatic rings. The molecule has 1 heterocycles. The number of rotatable bonds is 5. The van der Waals surface area contributed by atoms with Crippen LogP contribution in [0.2, 0.25) is 0 Å². The molecule has 0 spiro atoms. The van der Waals surface area contributed by atoms with Gasteiger partial charge in [0.15, 0.2) is 0 Å². The molecule has 0 aliphatic rings. The molecule has 4 heteroatoms. The van der Waals surface area contributed by atoms with Gasteiger partial charge >= 0.3 is 0 Å². The predicted molar refractivity (Wildman–Crippen MR) is 83.3 cm³/mol. The van der Waals surface area contributed by atoms with Crippen molar-refractivity contribution in [3.05, 3.63) is 56.7 Å². The van der Waals surface area contributed by atoms with Crippen molar-refractivity contribution in [2.24, 2.45) is 0 Å². The SMILES string of the molecule is CN(Cc1cc(Br)cs1)C(=O)CCc1ccccc1. The van der Waals surface area contributed by atoms with E-state index in [4.69, 9.17) is 0 Å². The molecule has 2 nitrogen and oxygen atoms in total. The van der Waals surface area contributed by atoms with Crippen LogP contribution in [0.5, 0.6) is 0 Å². The quantitative estimate of drug-likeness (QED) is 0.804. The number of amides is 1. The van der Waals surface area contributed by atoms with Crippen LogP contribution in [0, 0.1) is 0 Å². The minimum absolute atomic E-state index is 0.188. The summed E-state index contributed by atoms with van der Waals surface area (Å²) in [5.74, 6) is 0.188. The first kappa shape index (κ1) is 14.3. The van der Waals surface area contributed by atoms with Crippen molar-refractivity contribution < 1.29 is 4.79 Å². The second-order valence-corrected chi connectivity index (χ2v) is 6.38. The van der Waals surface area contributed by atoms with Gasteiger partial charge in [-0.25, -0.2) is 0 Å². The van der Waals surface area contributed by atoms with E-state index in [9.17, 15) is 4.79 Å². The lowest BCUT2D eigenvalue weighted by Crippen LogP contribution is -2.25. The molecule has 0 unspecified atom stereocenters. The van der Waals surface area contributed by atoms with Gasteiger partial charge in [0.2, 0.25) is 5.91 Å². The van der Waals surface area contributed by atoms with Crippen molar-refractivity contribution in [2.75, 3.05) is 7.05 Å². The highest BCUT2D eigenvalue weighted by molar-refractivity contribution is 9.10. The maximum Gasteiger partial charge on any atom is 0.222 e. The lowest BCUT2D eigenvalue weighted by Gasteiger charge is -2.16. The highest BCUT2D eigenvalue weighted by Gasteiger charge is 2.10. The van der Waals surface area contributed by atoms with Crippen molar-refractivity contribution >= 4 is 33.2 Å². The zero-order valence-electron chi connectivity index (χ0n) is 10.8. The minimum atomic E-state index is 0.188. The Labute approximate surface area is 126 Å². The Morgan fingerprint density at radius 3 is 2.68 bits per heavy atom. The molecule has 0 atom stereocenters. The van der Waals surface area contributed by atoms with Gasteiger partial charge in [-0.05, 0) is 34.0 Å². The summed E-state index contributed by atoms with van der Waals surface area (Å²) in [6.07, 6.45) is 1.37. The molecule has 0 N–H and O–H groups in total. The first-order valence-corrected chi connectivity index (χ1v) is 7.83. The zero-order chi connectivity index (χ0) is 13.7. The van der Waals surface area contributed by atoms with Crippen LogP contribution in [0.3, 0.4) is 0 Å². The normalized spacial score (nSPS) is 10.4. The number of hydrogen-bond donors (Lipinski definition) is 0. The van der Waals surface area contributed by atoms with E-state index < -0.39 is 0 Å². The Hall–Kier alpha value is -1.13. The molecule has 0 saturated heterocycles. The number of nitrogens with zero attached hydrogens (tertiary/aromatic N) is 1. The lowest BCUT2D eigenvalue weighted by molar-refractivity contribution is -0.130. The fourth-order valence-corrected chi connectivity index (χ4v) is 3.35. The van der Waals surface area contributed by atoms with Crippen LogP contribution < -0.4 is 0 Å². The molecule has 19 heavy (non-hydrogen) atoms. The number of benzene rings is 1. The molecular weight excluding hydrogens is 322 g/mol. The van der Waals surface area contributed by atoms with Crippen molar-refractivity contribution in [1.29, 1.82) is 0 Å². The first-order chi connectivity index (χ1) is 9.15. The van der Waals surface area contributed by atoms with E-state index in [0.717, 1.165) is 10.9 Å². The fourth-order valence-electron chi connectivity index (χ4n) is 1.85. The van der Waals surface area contributed by atoms with Gasteiger partial charge in [-0.3, -0.25) is 4.79 Å². The van der Waals surface area contributed by atoms with Crippen LogP contribution in [0.25, 0.3) is 0 Å². The maximum atomic E-state index is 12.0. The summed E-state index contributed by atoms with van der Waals surface area (Å²) in [4.78, 5) is 15.0. The molecule has 1 amide bonds. The molecule has 2 rings (SSSR count). The van der Waals surface area contributed by atoms with Crippen molar-refractivity contribution in [2.45, 2.75) is 19.4 Å². The van der Waals surface area contributed by atoms with E-state index in [1.54, 1.807) is 16.2 Å². The minimum Gasteiger partial charge on any atom is -0.341 e. The third kappa shape index (κ3) is 4.48. The van der Waals surface area contributed by atoms with Gasteiger partial charge in [0.1, 0.15) is 0 Å². The van der Waals surface area contributed by atoms with Crippen LogP contribution in [0.15, 0.2) is 46.3 Å². The summed E-state index contributed by atoms with van der Waals surface area (Å²) in [6.45, 7) is 0.684. The third-order valence-electron chi connectivity index (χ3n) is 2.91. The van der Waals surface area contributed by atoms with Crippen molar-refractivity contribution in [3.63, 3.8) is 0 Å². The number of carbonyl (C=O) groups excluding carboxylic acids is 1. The maximum absolute atomic E-state index is 12.0. The second-order valence-electron chi connectivity index (χ2n) is 4.47. The van der Waals surface area contributed by atoms with Crippen molar-refractivity contribution in [1.82, 2.24) is 4.90 Å². The molecule has 100 valence electrons. The number of thiophene rings is 1. The first-order valence-electron chi connectivity index (χ1n) is 6.16. The Bertz CT molecular complexity index is 538. The Morgan fingerprint density at radius 2 is 2.05 bits per heavy atom. The summed E-state index contributed by atoms with van der Waals surface area (Å²) in [5.41, 5.74) is 1.21. The molecule has 0 bridgehead atoms. The Morgan fingerprint density at radius 1 is 1.32 bits per heavy atom. The highest BCUT2D eigenvalue weighted by atomic mass is 79.9. The summed E-state index contributed by atoms with van der Waals surface area (Å²) < 4.78 is 1.08. The topological polar surface area (TPSA) is 20.3 Å². The average molecular weight is 338 g/mol. The summed E-state index contributed by atoms with van der Waals surface area (Å²) in [6, 6.07) is 12.2. The lowest BCUT2D eigenvalue weighted by atomic mass is 10.1. The average Bonchev–Trinajstić information content (AvgIpc) is 2.82. The van der Waals surface area contributed by atoms with E-state index in [0.29, 0.717) is 13.0 Å². The van der Waals surface area contributed by atoms with E-state index in [1.165, 1.54) is 10.4 Å². The molecule has 1 aromatic carbocycles. The monoisotopic (exact) mass is 337 g/mol. The molecule has 0 saturated carbocycles. The number of halogens is 1. The second kappa shape index (κ2) is 6.87. The number of carbonyl (C=O) groups is 1. The van der Waals surface area contributed by atoms with Crippen LogP contribution >= 0.6 is 27.3 Å². The van der Waals surface area contributed by atoms with Gasteiger partial charge in [0.25, 0.3) is 0 Å². The standard InChI is InChI=1S/C15H16BrNOS/c1-17(10-14-9-13(16)11-19-14)15(18)8-7-12-5-3-2-4-6-12/h2-6,9,11H,7-8,10H2,1H3. The van der Waals surface area contributed by atoms with Crippen LogP contribution in [-0.2, 0) is 17.8 Å². The summed E-state index contributed by atoms with van der Waals surface area (Å²) >= 11 is 5.10. The Balaban J connectivity index is 1.82. The smallest absolute Gasteiger partial charge is 0.222 e. The van der Waals surface area contributed by atoms with Gasteiger partial charge in [0.05, 0.1) is 6.54 Å². The van der Waals surface area contributed by atoms with Crippen LogP contribution in [0.1, 0.15) is 16.9 Å². The highest BCUT2D eigenvalue weighted by Crippen LogP contribution is 2.21. The van der Waals surface area contributed by atoms with E-state index in [1.807, 2.05) is 30.6 Å². The van der Waals surface area contributed by atoms with Gasteiger partial charge in [-0.1, -0.05) is 30.3 Å². The van der Waals surface area contributed by atoms with Crippen LogP contribution in [0.4, 0.5) is 0 Å². The van der Waals surface area contributed by atoms with E-state index in [-0.39, 0.29) is 5.91 Å². The molecule has 0 fully saturated rings. The van der Waals surface area contributed by atoms with E-state index in [2.05, 4.69) is 34.1 Å².